The van der Waals surface area contributed by atoms with Gasteiger partial charge in [0, 0.05) is 12.8 Å². The molecule has 0 aromatic carbocycles. The van der Waals surface area contributed by atoms with Crippen LogP contribution in [0.3, 0.4) is 0 Å². The fourth-order valence-corrected chi connectivity index (χ4v) is 8.51. The molecule has 0 rings (SSSR count). The van der Waals surface area contributed by atoms with Gasteiger partial charge in [0.15, 0.2) is 12.4 Å². The number of carbonyl (C=O) groups is 3. The molecule has 0 heterocycles. The number of rotatable bonds is 57. The average molecular weight is 1080 g/mol. The number of quaternary nitrogens is 1. The average Bonchev–Trinajstić information content (AvgIpc) is 3.40. The summed E-state index contributed by atoms with van der Waals surface area (Å²) in [5.41, 5.74) is 0. The van der Waals surface area contributed by atoms with Crippen molar-refractivity contribution < 1.29 is 42.9 Å². The molecule has 0 fully saturated rings. The molecule has 0 saturated carbocycles. The summed E-state index contributed by atoms with van der Waals surface area (Å²) in [5.74, 6) is -2.30. The van der Waals surface area contributed by atoms with Crippen molar-refractivity contribution in [1.29, 1.82) is 0 Å². The Hall–Kier alpha value is -3.79. The lowest BCUT2D eigenvalue weighted by Gasteiger charge is -2.26. The van der Waals surface area contributed by atoms with Crippen LogP contribution in [0.5, 0.6) is 0 Å². The molecule has 0 radical (unpaired) electrons. The van der Waals surface area contributed by atoms with Crippen LogP contribution in [-0.4, -0.2) is 82.3 Å². The second-order valence-electron chi connectivity index (χ2n) is 22.0. The predicted molar refractivity (Wildman–Crippen MR) is 324 cm³/mol. The molecular formula is C68H117NO8. The maximum atomic E-state index is 12.9. The molecular weight excluding hydrogens is 959 g/mol. The van der Waals surface area contributed by atoms with Crippen LogP contribution in [0.2, 0.25) is 0 Å². The Balaban J connectivity index is 4.24. The first-order valence-corrected chi connectivity index (χ1v) is 31.4. The minimum atomic E-state index is -1.63. The second-order valence-corrected chi connectivity index (χ2v) is 22.0. The van der Waals surface area contributed by atoms with Gasteiger partial charge in [-0.1, -0.05) is 246 Å². The third kappa shape index (κ3) is 59.7. The van der Waals surface area contributed by atoms with Crippen molar-refractivity contribution in [2.24, 2.45) is 0 Å². The van der Waals surface area contributed by atoms with Crippen molar-refractivity contribution in [1.82, 2.24) is 0 Å². The lowest BCUT2D eigenvalue weighted by Crippen LogP contribution is -2.44. The van der Waals surface area contributed by atoms with Gasteiger partial charge < -0.3 is 33.3 Å². The van der Waals surface area contributed by atoms with E-state index >= 15 is 0 Å². The van der Waals surface area contributed by atoms with Gasteiger partial charge in [0.05, 0.1) is 40.3 Å². The van der Waals surface area contributed by atoms with Gasteiger partial charge in [-0.3, -0.25) is 9.59 Å². The summed E-state index contributed by atoms with van der Waals surface area (Å²) in [4.78, 5) is 37.4. The number of esters is 2. The Morgan fingerprint density at radius 3 is 1.10 bits per heavy atom. The summed E-state index contributed by atoms with van der Waals surface area (Å²) in [5, 5.41) is 11.8. The minimum absolute atomic E-state index is 0.140. The first-order chi connectivity index (χ1) is 37.6. The largest absolute Gasteiger partial charge is 0.545 e. The van der Waals surface area contributed by atoms with Crippen molar-refractivity contribution in [3.05, 3.63) is 97.2 Å². The number of ether oxygens (including phenoxy) is 4. The minimum Gasteiger partial charge on any atom is -0.545 e. The first kappa shape index (κ1) is 73.2. The van der Waals surface area contributed by atoms with Gasteiger partial charge in [-0.25, -0.2) is 0 Å². The fourth-order valence-electron chi connectivity index (χ4n) is 8.51. The van der Waals surface area contributed by atoms with Crippen LogP contribution >= 0.6 is 0 Å². The number of allylic oxidation sites excluding steroid dienone is 16. The van der Waals surface area contributed by atoms with Gasteiger partial charge >= 0.3 is 11.9 Å². The van der Waals surface area contributed by atoms with Gasteiger partial charge in [-0.2, -0.15) is 0 Å². The molecule has 0 spiro atoms. The number of hydrogen-bond acceptors (Lipinski definition) is 8. The predicted octanol–water partition coefficient (Wildman–Crippen LogP) is 17.6. The fraction of sp³-hybridized carbons (Fsp3) is 0.721. The molecule has 0 aliphatic carbocycles. The third-order valence-electron chi connectivity index (χ3n) is 13.3. The molecule has 0 aromatic rings. The summed E-state index contributed by atoms with van der Waals surface area (Å²) in [6, 6.07) is 0. The van der Waals surface area contributed by atoms with E-state index in [9.17, 15) is 19.5 Å². The van der Waals surface area contributed by atoms with E-state index in [0.29, 0.717) is 17.4 Å². The molecule has 77 heavy (non-hydrogen) atoms. The summed E-state index contributed by atoms with van der Waals surface area (Å²) in [6.45, 7) is 4.62. The highest BCUT2D eigenvalue weighted by Gasteiger charge is 2.22. The number of hydrogen-bond donors (Lipinski definition) is 0. The Labute approximate surface area is 473 Å². The third-order valence-corrected chi connectivity index (χ3v) is 13.3. The molecule has 2 unspecified atom stereocenters. The highest BCUT2D eigenvalue weighted by molar-refractivity contribution is 5.70. The van der Waals surface area contributed by atoms with Crippen LogP contribution in [0.4, 0.5) is 0 Å². The zero-order chi connectivity index (χ0) is 56.2. The highest BCUT2D eigenvalue weighted by atomic mass is 16.7. The van der Waals surface area contributed by atoms with Gasteiger partial charge in [0.25, 0.3) is 0 Å². The topological polar surface area (TPSA) is 111 Å². The summed E-state index contributed by atoms with van der Waals surface area (Å²) in [7, 11) is 5.92. The van der Waals surface area contributed by atoms with Crippen molar-refractivity contribution in [2.75, 3.05) is 47.5 Å². The SMILES string of the molecule is CC/C=C\C/C=C\C/C=C\C/C=C\C/C=C\C/C=C\CCCCCCCCC(=O)OC(COC(=O)CCCCCCCCCCCCCCCCC/C=C\C/C=C\CCCCCCC)COC(OCC[N+](C)(C)C)C(=O)[O-]. The monoisotopic (exact) mass is 1080 g/mol. The zero-order valence-electron chi connectivity index (χ0n) is 50.3. The summed E-state index contributed by atoms with van der Waals surface area (Å²) < 4.78 is 22.7. The molecule has 9 nitrogen and oxygen atoms in total. The summed E-state index contributed by atoms with van der Waals surface area (Å²) in [6.07, 6.45) is 76.0. The number of aliphatic carboxylic acids is 1. The van der Waals surface area contributed by atoms with Crippen molar-refractivity contribution in [3.8, 4) is 0 Å². The van der Waals surface area contributed by atoms with E-state index in [2.05, 4.69) is 111 Å². The number of likely N-dealkylation sites (N-methyl/N-ethyl adjacent to an activating group) is 1. The van der Waals surface area contributed by atoms with Crippen LogP contribution in [-0.2, 0) is 33.3 Å². The summed E-state index contributed by atoms with van der Waals surface area (Å²) >= 11 is 0. The number of carbonyl (C=O) groups excluding carboxylic acids is 3. The smallest absolute Gasteiger partial charge is 0.306 e. The molecule has 9 heteroatoms. The van der Waals surface area contributed by atoms with E-state index in [1.54, 1.807) is 0 Å². The van der Waals surface area contributed by atoms with E-state index in [0.717, 1.165) is 103 Å². The van der Waals surface area contributed by atoms with Crippen molar-refractivity contribution in [3.63, 3.8) is 0 Å². The first-order valence-electron chi connectivity index (χ1n) is 31.4. The molecule has 0 aliphatic rings. The quantitative estimate of drug-likeness (QED) is 0.0195. The van der Waals surface area contributed by atoms with Gasteiger partial charge in [-0.15, -0.1) is 0 Å². The van der Waals surface area contributed by atoms with Crippen LogP contribution in [0.15, 0.2) is 97.2 Å². The normalized spacial score (nSPS) is 13.4. The zero-order valence-corrected chi connectivity index (χ0v) is 50.3. The van der Waals surface area contributed by atoms with Gasteiger partial charge in [0.2, 0.25) is 0 Å². The van der Waals surface area contributed by atoms with E-state index < -0.39 is 24.3 Å². The van der Waals surface area contributed by atoms with Crippen LogP contribution in [0.1, 0.15) is 258 Å². The number of carboxylic acid groups (broad SMARTS) is 1. The maximum Gasteiger partial charge on any atom is 0.306 e. The maximum absolute atomic E-state index is 12.9. The second kappa shape index (κ2) is 58.4. The van der Waals surface area contributed by atoms with Crippen LogP contribution < -0.4 is 5.11 Å². The Kier molecular flexibility index (Phi) is 55.5. The van der Waals surface area contributed by atoms with Crippen molar-refractivity contribution in [2.45, 2.75) is 270 Å². The van der Waals surface area contributed by atoms with E-state index in [4.69, 9.17) is 18.9 Å². The van der Waals surface area contributed by atoms with E-state index in [-0.39, 0.29) is 38.6 Å². The highest BCUT2D eigenvalue weighted by Crippen LogP contribution is 2.16. The molecule has 0 bridgehead atoms. The van der Waals surface area contributed by atoms with Crippen LogP contribution in [0.25, 0.3) is 0 Å². The molecule has 442 valence electrons. The lowest BCUT2D eigenvalue weighted by atomic mass is 10.0. The molecule has 0 aromatic heterocycles. The Bertz CT molecular complexity index is 1580. The van der Waals surface area contributed by atoms with Gasteiger partial charge in [0.1, 0.15) is 13.2 Å². The number of nitrogens with zero attached hydrogens (tertiary/aromatic N) is 1. The molecule has 0 saturated heterocycles. The van der Waals surface area contributed by atoms with Crippen molar-refractivity contribution >= 4 is 17.9 Å². The van der Waals surface area contributed by atoms with E-state index in [1.165, 1.54) is 122 Å². The number of unbranched alkanes of at least 4 members (excludes halogenated alkanes) is 26. The van der Waals surface area contributed by atoms with E-state index in [1.807, 2.05) is 21.1 Å². The molecule has 0 N–H and O–H groups in total. The molecule has 0 aliphatic heterocycles. The standard InChI is InChI=1S/C68H117NO8/c1-6-8-10-12-14-16-18-20-22-24-26-28-30-32-33-35-36-38-40-42-44-46-48-50-52-54-56-58-65(70)75-62-64(63-76-68(67(72)73)74-61-60-69(3,4)5)77-66(71)59-57-55-53-51-49-47-45-43-41-39-37-34-31-29-27-25-23-21-19-17-15-13-11-9-7-2/h9,11,15,17-18,20-21,23-24,26-27,29,34,37,41,43,64,68H,6-8,10,12-14,16,19,22,25,28,30-33,35-36,38-40,42,44-63H2,1-5H3/b11-9-,17-15-,20-18-,23-21-,26-24-,29-27-,37-34-,43-41-. The Morgan fingerprint density at radius 1 is 0.403 bits per heavy atom. The lowest BCUT2D eigenvalue weighted by molar-refractivity contribution is -0.870. The molecule has 0 amide bonds. The van der Waals surface area contributed by atoms with Gasteiger partial charge in [-0.05, 0) is 96.3 Å². The van der Waals surface area contributed by atoms with Crippen LogP contribution in [0, 0.1) is 0 Å². The molecule has 2 atom stereocenters. The number of carboxylic acids is 1. The Morgan fingerprint density at radius 2 is 0.740 bits per heavy atom.